The van der Waals surface area contributed by atoms with Crippen LogP contribution in [0.4, 0.5) is 0 Å². The summed E-state index contributed by atoms with van der Waals surface area (Å²) in [4.78, 5) is 13.4. The molecule has 2 atom stereocenters. The van der Waals surface area contributed by atoms with Crippen LogP contribution < -0.4 is 20.3 Å². The van der Waals surface area contributed by atoms with Gasteiger partial charge in [0.15, 0.2) is 0 Å². The first-order valence-electron chi connectivity index (χ1n) is 11.9. The van der Waals surface area contributed by atoms with Crippen molar-refractivity contribution in [1.82, 2.24) is 0 Å². The van der Waals surface area contributed by atoms with Crippen LogP contribution in [0.25, 0.3) is 0 Å². The van der Waals surface area contributed by atoms with E-state index in [-0.39, 0.29) is 5.97 Å². The molecule has 0 bridgehead atoms. The third-order valence-electron chi connectivity index (χ3n) is 6.25. The summed E-state index contributed by atoms with van der Waals surface area (Å²) < 4.78 is 15.1. The van der Waals surface area contributed by atoms with E-state index in [1.54, 1.807) is 12.1 Å². The molecule has 0 spiro atoms. The van der Waals surface area contributed by atoms with Gasteiger partial charge in [-0.25, -0.2) is 0 Å². The highest BCUT2D eigenvalue weighted by Gasteiger charge is 2.46. The summed E-state index contributed by atoms with van der Waals surface area (Å²) in [6, 6.07) is 40.4. The molecule has 0 aliphatic carbocycles. The lowest BCUT2D eigenvalue weighted by Gasteiger charge is -2.38. The highest BCUT2D eigenvalue weighted by Crippen LogP contribution is 2.25. The molecule has 0 N–H and O–H groups in total. The quantitative estimate of drug-likeness (QED) is 0.0819. The predicted molar refractivity (Wildman–Crippen MR) is 158 cm³/mol. The van der Waals surface area contributed by atoms with Crippen LogP contribution in [0.3, 0.4) is 0 Å². The zero-order valence-corrected chi connectivity index (χ0v) is 23.5. The normalized spacial score (nSPS) is 13.6. The van der Waals surface area contributed by atoms with E-state index in [1.807, 2.05) is 54.3 Å². The SMILES string of the molecule is C/C(=C\I)[C@H](O[Si](c1ccccc1)(c1ccccc1)c1ccccc1)[C@H](C)C(=O)Oc1ccccc1. The lowest BCUT2D eigenvalue weighted by molar-refractivity contribution is -0.140. The predicted octanol–water partition coefficient (Wildman–Crippen LogP) is 5.62. The Kier molecular flexibility index (Phi) is 8.91. The van der Waals surface area contributed by atoms with E-state index in [1.165, 1.54) is 0 Å². The van der Waals surface area contributed by atoms with Crippen molar-refractivity contribution in [3.63, 3.8) is 0 Å². The van der Waals surface area contributed by atoms with Gasteiger partial charge in [0.05, 0.1) is 12.0 Å². The molecule has 3 nitrogen and oxygen atoms in total. The summed E-state index contributed by atoms with van der Waals surface area (Å²) in [5.41, 5.74) is 0.979. The molecule has 0 fully saturated rings. The molecule has 4 rings (SSSR count). The molecule has 0 radical (unpaired) electrons. The van der Waals surface area contributed by atoms with Gasteiger partial charge in [0.2, 0.25) is 0 Å². The number of hydrogen-bond acceptors (Lipinski definition) is 3. The van der Waals surface area contributed by atoms with E-state index in [0.29, 0.717) is 5.75 Å². The van der Waals surface area contributed by atoms with Crippen LogP contribution in [0.5, 0.6) is 5.75 Å². The van der Waals surface area contributed by atoms with Gasteiger partial charge in [0, 0.05) is 0 Å². The van der Waals surface area contributed by atoms with Crippen molar-refractivity contribution < 1.29 is 14.0 Å². The van der Waals surface area contributed by atoms with E-state index in [2.05, 4.69) is 95.4 Å². The third kappa shape index (κ3) is 5.69. The number of carbonyl (C=O) groups excluding carboxylic acids is 1. The minimum atomic E-state index is -3.02. The lowest BCUT2D eigenvalue weighted by atomic mass is 10.00. The van der Waals surface area contributed by atoms with E-state index < -0.39 is 20.3 Å². The molecule has 0 saturated carbocycles. The number of rotatable bonds is 9. The van der Waals surface area contributed by atoms with Crippen molar-refractivity contribution in [2.24, 2.45) is 5.92 Å². The summed E-state index contributed by atoms with van der Waals surface area (Å²) in [5, 5.41) is 3.37. The fraction of sp³-hybridized carbons (Fsp3) is 0.129. The Balaban J connectivity index is 1.85. The second-order valence-corrected chi connectivity index (χ2v) is 12.6. The second kappa shape index (κ2) is 12.3. The lowest BCUT2D eigenvalue weighted by Crippen LogP contribution is -2.71. The zero-order chi connectivity index (χ0) is 25.4. The minimum absolute atomic E-state index is 0.319. The Hall–Kier alpha value is -3.00. The molecule has 0 saturated heterocycles. The number of carbonyl (C=O) groups is 1. The molecule has 0 unspecified atom stereocenters. The number of ether oxygens (including phenoxy) is 1. The van der Waals surface area contributed by atoms with Crippen LogP contribution in [0.1, 0.15) is 13.8 Å². The topological polar surface area (TPSA) is 35.5 Å². The average molecular weight is 605 g/mol. The highest BCUT2D eigenvalue weighted by atomic mass is 127. The van der Waals surface area contributed by atoms with Gasteiger partial charge in [-0.2, -0.15) is 0 Å². The molecule has 0 heterocycles. The highest BCUT2D eigenvalue weighted by molar-refractivity contribution is 14.1. The fourth-order valence-corrected chi connectivity index (χ4v) is 8.90. The maximum atomic E-state index is 13.4. The van der Waals surface area contributed by atoms with E-state index in [4.69, 9.17) is 9.16 Å². The summed E-state index contributed by atoms with van der Waals surface area (Å²) >= 11 is 2.23. The third-order valence-corrected chi connectivity index (χ3v) is 11.3. The van der Waals surface area contributed by atoms with Crippen LogP contribution >= 0.6 is 22.6 Å². The van der Waals surface area contributed by atoms with Crippen molar-refractivity contribution in [1.29, 1.82) is 0 Å². The van der Waals surface area contributed by atoms with Crippen molar-refractivity contribution in [2.45, 2.75) is 20.0 Å². The second-order valence-electron chi connectivity index (χ2n) is 8.69. The van der Waals surface area contributed by atoms with Crippen LogP contribution in [-0.2, 0) is 9.22 Å². The Labute approximate surface area is 228 Å². The van der Waals surface area contributed by atoms with Crippen LogP contribution in [0, 0.1) is 5.92 Å². The Morgan fingerprint density at radius 1 is 0.722 bits per heavy atom. The smallest absolute Gasteiger partial charge is 0.316 e. The van der Waals surface area contributed by atoms with Crippen LogP contribution in [0.15, 0.2) is 131 Å². The Bertz CT molecular complexity index is 1180. The summed E-state index contributed by atoms with van der Waals surface area (Å²) in [7, 11) is -3.02. The first-order chi connectivity index (χ1) is 17.6. The number of para-hydroxylation sites is 1. The maximum Gasteiger partial charge on any atom is 0.316 e. The molecule has 0 aliphatic rings. The zero-order valence-electron chi connectivity index (χ0n) is 20.4. The van der Waals surface area contributed by atoms with Crippen molar-refractivity contribution in [3.05, 3.63) is 131 Å². The largest absolute Gasteiger partial charge is 0.426 e. The van der Waals surface area contributed by atoms with Gasteiger partial charge in [-0.1, -0.05) is 132 Å². The molecule has 4 aromatic carbocycles. The Morgan fingerprint density at radius 2 is 1.11 bits per heavy atom. The monoisotopic (exact) mass is 604 g/mol. The molecule has 0 aliphatic heterocycles. The summed E-state index contributed by atoms with van der Waals surface area (Å²) in [6.45, 7) is 3.91. The average Bonchev–Trinajstić information content (AvgIpc) is 2.95. The molecular formula is C31H29IO3Si. The fourth-order valence-electron chi connectivity index (χ4n) is 4.39. The summed E-state index contributed by atoms with van der Waals surface area (Å²) in [5.74, 6) is -0.318. The van der Waals surface area contributed by atoms with Crippen LogP contribution in [0.2, 0.25) is 0 Å². The van der Waals surface area contributed by atoms with Crippen molar-refractivity contribution in [2.75, 3.05) is 0 Å². The van der Waals surface area contributed by atoms with Crippen molar-refractivity contribution in [3.8, 4) is 5.75 Å². The Morgan fingerprint density at radius 3 is 1.50 bits per heavy atom. The molecular weight excluding hydrogens is 575 g/mol. The summed E-state index contributed by atoms with van der Waals surface area (Å²) in [6.07, 6.45) is -0.481. The standard InChI is InChI=1S/C31H29IO3Si/c1-24(23-32)30(25(2)31(33)34-26-15-7-3-8-16-26)35-36(27-17-9-4-10-18-27,28-19-11-5-12-20-28)29-21-13-6-14-22-29/h3-23,25,30H,1-2H3/b24-23+/t25-,30-/m0/s1. The van der Waals surface area contributed by atoms with Gasteiger partial charge in [-0.3, -0.25) is 4.79 Å². The van der Waals surface area contributed by atoms with Crippen molar-refractivity contribution >= 4 is 52.4 Å². The number of esters is 1. The molecule has 36 heavy (non-hydrogen) atoms. The minimum Gasteiger partial charge on any atom is -0.426 e. The van der Waals surface area contributed by atoms with E-state index in [0.717, 1.165) is 21.1 Å². The van der Waals surface area contributed by atoms with Gasteiger partial charge < -0.3 is 9.16 Å². The van der Waals surface area contributed by atoms with Crippen LogP contribution in [-0.4, -0.2) is 20.4 Å². The van der Waals surface area contributed by atoms with E-state index >= 15 is 0 Å². The van der Waals surface area contributed by atoms with Gasteiger partial charge in [0.1, 0.15) is 5.75 Å². The van der Waals surface area contributed by atoms with E-state index in [9.17, 15) is 4.79 Å². The van der Waals surface area contributed by atoms with Gasteiger partial charge in [-0.05, 0) is 51.2 Å². The first-order valence-corrected chi connectivity index (χ1v) is 15.1. The maximum absolute atomic E-state index is 13.4. The molecule has 5 heteroatoms. The first kappa shape index (κ1) is 26.1. The van der Waals surface area contributed by atoms with Gasteiger partial charge >= 0.3 is 5.97 Å². The number of hydrogen-bond donors (Lipinski definition) is 0. The molecule has 4 aromatic rings. The molecule has 0 amide bonds. The molecule has 0 aromatic heterocycles. The van der Waals surface area contributed by atoms with Gasteiger partial charge in [-0.15, -0.1) is 0 Å². The van der Waals surface area contributed by atoms with Gasteiger partial charge in [0.25, 0.3) is 8.32 Å². The number of halogens is 1. The number of benzene rings is 4. The molecule has 182 valence electrons.